The van der Waals surface area contributed by atoms with Gasteiger partial charge in [0.2, 0.25) is 17.7 Å². The van der Waals surface area contributed by atoms with Crippen LogP contribution < -0.4 is 22.3 Å². The van der Waals surface area contributed by atoms with Crippen LogP contribution >= 0.6 is 0 Å². The molecule has 5 N–H and O–H groups in total. The molecule has 0 radical (unpaired) electrons. The van der Waals surface area contributed by atoms with Gasteiger partial charge in [0, 0.05) is 13.0 Å². The molecule has 0 bridgehead atoms. The summed E-state index contributed by atoms with van der Waals surface area (Å²) in [6.07, 6.45) is 0.0105. The quantitative estimate of drug-likeness (QED) is 0.303. The number of carbonyl (C=O) groups is 4. The second kappa shape index (κ2) is 11.1. The number of rotatable bonds is 9. The number of nitrogens with two attached hydrogens (primary N) is 1. The van der Waals surface area contributed by atoms with Crippen LogP contribution in [0.5, 0.6) is 0 Å². The number of carboxylic acids is 1. The summed E-state index contributed by atoms with van der Waals surface area (Å²) in [6, 6.07) is 11.0. The molecule has 1 aliphatic heterocycles. The highest BCUT2D eigenvalue weighted by molar-refractivity contribution is 5.94. The largest absolute Gasteiger partial charge is 0.480 e. The minimum absolute atomic E-state index is 0.0764. The number of aliphatic carboxylic acids is 1. The van der Waals surface area contributed by atoms with Crippen LogP contribution in [0.25, 0.3) is 10.9 Å². The molecule has 1 fully saturated rings. The Bertz CT molecular complexity index is 1500. The van der Waals surface area contributed by atoms with Gasteiger partial charge in [-0.1, -0.05) is 42.5 Å². The van der Waals surface area contributed by atoms with Crippen molar-refractivity contribution in [2.75, 3.05) is 6.54 Å². The second-order valence-electron chi connectivity index (χ2n) is 9.12. The minimum Gasteiger partial charge on any atom is -0.480 e. The standard InChI is InChI=1S/C26H27N5O7/c27-21(32)14-18(24(35)30-12-6-11-19(30)25(36)37)28-22(33)20(13-15-7-2-1-3-8-15)31-23(34)16-9-4-5-10-17(16)29-26(31)38/h1-5,7-10,18-20H,6,11-14H2,(H2,27,32)(H,28,33)(H,29,38)(H,36,37). The van der Waals surface area contributed by atoms with Crippen molar-refractivity contribution in [1.82, 2.24) is 19.8 Å². The molecule has 2 aromatic carbocycles. The predicted molar refractivity (Wildman–Crippen MR) is 136 cm³/mol. The molecule has 3 atom stereocenters. The van der Waals surface area contributed by atoms with E-state index in [0.29, 0.717) is 17.5 Å². The van der Waals surface area contributed by atoms with Gasteiger partial charge in [0.15, 0.2) is 0 Å². The maximum atomic E-state index is 13.7. The van der Waals surface area contributed by atoms with Crippen molar-refractivity contribution in [3.05, 3.63) is 81.0 Å². The summed E-state index contributed by atoms with van der Waals surface area (Å²) in [6.45, 7) is 0.137. The highest BCUT2D eigenvalue weighted by Gasteiger charge is 2.39. The minimum atomic E-state index is -1.48. The zero-order valence-corrected chi connectivity index (χ0v) is 20.3. The maximum Gasteiger partial charge on any atom is 0.329 e. The molecule has 3 unspecified atom stereocenters. The molecule has 1 saturated heterocycles. The molecule has 1 aliphatic rings. The van der Waals surface area contributed by atoms with Crippen molar-refractivity contribution in [1.29, 1.82) is 0 Å². The summed E-state index contributed by atoms with van der Waals surface area (Å²) >= 11 is 0. The first-order valence-electron chi connectivity index (χ1n) is 12.1. The predicted octanol–water partition coefficient (Wildman–Crippen LogP) is -0.0906. The third-order valence-corrected chi connectivity index (χ3v) is 6.56. The van der Waals surface area contributed by atoms with Crippen molar-refractivity contribution < 1.29 is 24.3 Å². The Labute approximate surface area is 216 Å². The van der Waals surface area contributed by atoms with Crippen molar-refractivity contribution in [3.8, 4) is 0 Å². The van der Waals surface area contributed by atoms with E-state index in [0.717, 1.165) is 9.47 Å². The molecule has 1 aromatic heterocycles. The summed E-state index contributed by atoms with van der Waals surface area (Å²) in [7, 11) is 0. The molecule has 198 valence electrons. The molecular formula is C26H27N5O7. The number of benzene rings is 2. The lowest BCUT2D eigenvalue weighted by Gasteiger charge is -2.28. The Morgan fingerprint density at radius 1 is 1.05 bits per heavy atom. The molecule has 12 nitrogen and oxygen atoms in total. The molecule has 12 heteroatoms. The number of carbonyl (C=O) groups excluding carboxylic acids is 3. The zero-order valence-electron chi connectivity index (χ0n) is 20.3. The third kappa shape index (κ3) is 5.48. The van der Waals surface area contributed by atoms with Gasteiger partial charge >= 0.3 is 11.7 Å². The molecular weight excluding hydrogens is 494 g/mol. The Kier molecular flexibility index (Phi) is 7.70. The summed E-state index contributed by atoms with van der Waals surface area (Å²) in [4.78, 5) is 80.4. The van der Waals surface area contributed by atoms with Gasteiger partial charge in [-0.15, -0.1) is 0 Å². The highest BCUT2D eigenvalue weighted by Crippen LogP contribution is 2.20. The smallest absolute Gasteiger partial charge is 0.329 e. The zero-order chi connectivity index (χ0) is 27.4. The lowest BCUT2D eigenvalue weighted by Crippen LogP contribution is -2.55. The fraction of sp³-hybridized carbons (Fsp3) is 0.308. The average molecular weight is 522 g/mol. The number of likely N-dealkylation sites (tertiary alicyclic amines) is 1. The summed E-state index contributed by atoms with van der Waals surface area (Å²) < 4.78 is 0.784. The number of fused-ring (bicyclic) bond motifs is 1. The number of hydrogen-bond acceptors (Lipinski definition) is 6. The van der Waals surface area contributed by atoms with Crippen molar-refractivity contribution in [3.63, 3.8) is 0 Å². The van der Waals surface area contributed by atoms with E-state index in [1.54, 1.807) is 48.5 Å². The Morgan fingerprint density at radius 2 is 1.74 bits per heavy atom. The number of para-hydroxylation sites is 1. The van der Waals surface area contributed by atoms with Crippen molar-refractivity contribution >= 4 is 34.6 Å². The second-order valence-corrected chi connectivity index (χ2v) is 9.12. The van der Waals surface area contributed by atoms with Crippen LogP contribution in [-0.2, 0) is 25.6 Å². The lowest BCUT2D eigenvalue weighted by molar-refractivity contribution is -0.149. The normalized spacial score (nSPS) is 16.6. The molecule has 4 rings (SSSR count). The topological polar surface area (TPSA) is 185 Å². The van der Waals surface area contributed by atoms with E-state index in [1.165, 1.54) is 6.07 Å². The van der Waals surface area contributed by atoms with Gasteiger partial charge in [0.05, 0.1) is 17.3 Å². The van der Waals surface area contributed by atoms with Gasteiger partial charge in [0.1, 0.15) is 18.1 Å². The summed E-state index contributed by atoms with van der Waals surface area (Å²) in [5.41, 5.74) is 4.74. The number of nitrogens with zero attached hydrogens (tertiary/aromatic N) is 2. The number of amides is 3. The summed E-state index contributed by atoms with van der Waals surface area (Å²) in [5.74, 6) is -3.74. The van der Waals surface area contributed by atoms with E-state index in [-0.39, 0.29) is 24.8 Å². The SMILES string of the molecule is NC(=O)CC(NC(=O)C(Cc1ccccc1)n1c(=O)[nH]c2ccccc2c1=O)C(=O)N1CCCC1C(=O)O. The number of aromatic nitrogens is 2. The van der Waals surface area contributed by atoms with Crippen LogP contribution in [0.15, 0.2) is 64.2 Å². The van der Waals surface area contributed by atoms with Gasteiger partial charge in [0.25, 0.3) is 5.56 Å². The Morgan fingerprint density at radius 3 is 2.42 bits per heavy atom. The van der Waals surface area contributed by atoms with E-state index in [2.05, 4.69) is 10.3 Å². The third-order valence-electron chi connectivity index (χ3n) is 6.56. The van der Waals surface area contributed by atoms with Crippen LogP contribution in [-0.4, -0.2) is 61.9 Å². The van der Waals surface area contributed by atoms with Crippen LogP contribution in [0, 0.1) is 0 Å². The monoisotopic (exact) mass is 521 g/mol. The first kappa shape index (κ1) is 26.3. The van der Waals surface area contributed by atoms with Gasteiger partial charge in [-0.3, -0.25) is 19.2 Å². The number of hydrogen-bond donors (Lipinski definition) is 4. The average Bonchev–Trinajstić information content (AvgIpc) is 3.38. The maximum absolute atomic E-state index is 13.7. The van der Waals surface area contributed by atoms with Crippen LogP contribution in [0.3, 0.4) is 0 Å². The molecule has 2 heterocycles. The molecule has 0 spiro atoms. The highest BCUT2D eigenvalue weighted by atomic mass is 16.4. The van der Waals surface area contributed by atoms with Crippen LogP contribution in [0.1, 0.15) is 30.9 Å². The molecule has 0 saturated carbocycles. The van der Waals surface area contributed by atoms with Gasteiger partial charge in [-0.05, 0) is 30.5 Å². The fourth-order valence-corrected chi connectivity index (χ4v) is 4.75. The van der Waals surface area contributed by atoms with Crippen LogP contribution in [0.2, 0.25) is 0 Å². The van der Waals surface area contributed by atoms with E-state index >= 15 is 0 Å². The molecule has 0 aliphatic carbocycles. The lowest BCUT2D eigenvalue weighted by atomic mass is 10.0. The Hall–Kier alpha value is -4.74. The van der Waals surface area contributed by atoms with Crippen molar-refractivity contribution in [2.45, 2.75) is 43.8 Å². The van der Waals surface area contributed by atoms with E-state index in [4.69, 9.17) is 5.73 Å². The first-order valence-corrected chi connectivity index (χ1v) is 12.1. The number of H-pyrrole nitrogens is 1. The molecule has 3 amide bonds. The number of carboxylic acid groups (broad SMARTS) is 1. The molecule has 3 aromatic rings. The van der Waals surface area contributed by atoms with Gasteiger partial charge < -0.3 is 26.0 Å². The number of primary amides is 1. The van der Waals surface area contributed by atoms with Crippen LogP contribution in [0.4, 0.5) is 0 Å². The fourth-order valence-electron chi connectivity index (χ4n) is 4.75. The molecule has 38 heavy (non-hydrogen) atoms. The number of nitrogens with one attached hydrogen (secondary N) is 2. The van der Waals surface area contributed by atoms with E-state index < -0.39 is 59.5 Å². The van der Waals surface area contributed by atoms with E-state index in [9.17, 15) is 33.9 Å². The van der Waals surface area contributed by atoms with E-state index in [1.807, 2.05) is 0 Å². The van der Waals surface area contributed by atoms with Gasteiger partial charge in [-0.2, -0.15) is 0 Å². The van der Waals surface area contributed by atoms with Gasteiger partial charge in [-0.25, -0.2) is 14.2 Å². The Balaban J connectivity index is 1.73. The van der Waals surface area contributed by atoms with Crippen molar-refractivity contribution in [2.24, 2.45) is 5.73 Å². The first-order chi connectivity index (χ1) is 18.2. The number of aromatic amines is 1. The summed E-state index contributed by atoms with van der Waals surface area (Å²) in [5, 5.41) is 12.1.